The van der Waals surface area contributed by atoms with E-state index in [2.05, 4.69) is 10.3 Å². The number of nitrogens with zero attached hydrogens (tertiary/aromatic N) is 2. The van der Waals surface area contributed by atoms with E-state index in [1.807, 2.05) is 11.8 Å². The predicted octanol–water partition coefficient (Wildman–Crippen LogP) is 0.541. The number of nitrogens with one attached hydrogen (secondary N) is 1. The highest BCUT2D eigenvalue weighted by Gasteiger charge is 2.18. The molecule has 1 heterocycles. The van der Waals surface area contributed by atoms with Crippen molar-refractivity contribution in [2.24, 2.45) is 10.7 Å². The maximum absolute atomic E-state index is 11.3. The molecule has 0 aromatic heterocycles. The van der Waals surface area contributed by atoms with Crippen LogP contribution in [0.15, 0.2) is 4.99 Å². The molecule has 1 aliphatic heterocycles. The number of hydrogen-bond donors (Lipinski definition) is 2. The first-order valence-corrected chi connectivity index (χ1v) is 5.55. The molecule has 1 fully saturated rings. The van der Waals surface area contributed by atoms with Gasteiger partial charge in [0.1, 0.15) is 0 Å². The van der Waals surface area contributed by atoms with Crippen molar-refractivity contribution in [3.63, 3.8) is 0 Å². The summed E-state index contributed by atoms with van der Waals surface area (Å²) >= 11 is 0. The fourth-order valence-corrected chi connectivity index (χ4v) is 1.64. The van der Waals surface area contributed by atoms with Crippen LogP contribution in [-0.4, -0.2) is 42.9 Å². The minimum Gasteiger partial charge on any atom is -0.370 e. The topological polar surface area (TPSA) is 70.7 Å². The Morgan fingerprint density at radius 1 is 1.62 bits per heavy atom. The van der Waals surface area contributed by atoms with Crippen molar-refractivity contribution >= 4 is 35.8 Å². The van der Waals surface area contributed by atoms with E-state index in [1.165, 1.54) is 0 Å². The Morgan fingerprint density at radius 2 is 2.38 bits per heavy atom. The van der Waals surface area contributed by atoms with Gasteiger partial charge < -0.3 is 16.0 Å². The molecule has 0 radical (unpaired) electrons. The van der Waals surface area contributed by atoms with Crippen LogP contribution in [0.4, 0.5) is 0 Å². The van der Waals surface area contributed by atoms with Crippen LogP contribution in [0.3, 0.4) is 0 Å². The number of carbonyl (C=O) groups is 1. The summed E-state index contributed by atoms with van der Waals surface area (Å²) < 4.78 is 0. The molecule has 3 N–H and O–H groups in total. The smallest absolute Gasteiger partial charge is 0.222 e. The molecule has 0 aromatic rings. The Kier molecular flexibility index (Phi) is 8.32. The molecule has 0 bridgehead atoms. The minimum absolute atomic E-state index is 0. The first-order valence-electron chi connectivity index (χ1n) is 5.55. The molecule has 1 aliphatic rings. The standard InChI is InChI=1S/C10H20N4O.HI/c1-2-12-10(11)13-6-4-8-14-7-3-5-9(14)15;/h2-8H2,1H3,(H3,11,12,13);1H. The van der Waals surface area contributed by atoms with E-state index in [9.17, 15) is 4.79 Å². The van der Waals surface area contributed by atoms with Crippen molar-refractivity contribution < 1.29 is 4.79 Å². The number of guanidine groups is 1. The Hall–Kier alpha value is -0.530. The first kappa shape index (κ1) is 15.5. The van der Waals surface area contributed by atoms with Gasteiger partial charge in [-0.25, -0.2) is 0 Å². The highest BCUT2D eigenvalue weighted by Crippen LogP contribution is 2.09. The van der Waals surface area contributed by atoms with Gasteiger partial charge in [-0.15, -0.1) is 24.0 Å². The number of aliphatic imine (C=N–C) groups is 1. The molecule has 0 spiro atoms. The third-order valence-corrected chi connectivity index (χ3v) is 2.40. The summed E-state index contributed by atoms with van der Waals surface area (Å²) in [6.07, 6.45) is 2.60. The molecular formula is C10H21IN4O. The van der Waals surface area contributed by atoms with Crippen molar-refractivity contribution in [2.45, 2.75) is 26.2 Å². The molecule has 1 amide bonds. The van der Waals surface area contributed by atoms with Gasteiger partial charge in [-0.1, -0.05) is 0 Å². The Balaban J connectivity index is 0.00000225. The summed E-state index contributed by atoms with van der Waals surface area (Å²) in [7, 11) is 0. The SMILES string of the molecule is CCNC(N)=NCCCN1CCCC1=O.I. The van der Waals surface area contributed by atoms with Crippen LogP contribution >= 0.6 is 24.0 Å². The molecule has 0 aromatic carbocycles. The zero-order valence-corrected chi connectivity index (χ0v) is 12.1. The van der Waals surface area contributed by atoms with Gasteiger partial charge in [0.15, 0.2) is 5.96 Å². The second kappa shape index (κ2) is 8.60. The lowest BCUT2D eigenvalue weighted by atomic mass is 10.4. The number of rotatable bonds is 5. The van der Waals surface area contributed by atoms with Gasteiger partial charge >= 0.3 is 0 Å². The summed E-state index contributed by atoms with van der Waals surface area (Å²) in [6.45, 7) is 5.17. The predicted molar refractivity (Wildman–Crippen MR) is 76.0 cm³/mol. The monoisotopic (exact) mass is 340 g/mol. The molecule has 16 heavy (non-hydrogen) atoms. The maximum atomic E-state index is 11.3. The van der Waals surface area contributed by atoms with Crippen LogP contribution in [0.25, 0.3) is 0 Å². The molecular weight excluding hydrogens is 319 g/mol. The summed E-state index contributed by atoms with van der Waals surface area (Å²) in [4.78, 5) is 17.3. The van der Waals surface area contributed by atoms with E-state index in [0.29, 0.717) is 18.9 Å². The van der Waals surface area contributed by atoms with Crippen molar-refractivity contribution in [1.29, 1.82) is 0 Å². The van der Waals surface area contributed by atoms with E-state index in [-0.39, 0.29) is 29.9 Å². The molecule has 0 unspecified atom stereocenters. The fourth-order valence-electron chi connectivity index (χ4n) is 1.64. The summed E-state index contributed by atoms with van der Waals surface area (Å²) in [5, 5.41) is 2.93. The average Bonchev–Trinajstić information content (AvgIpc) is 2.60. The summed E-state index contributed by atoms with van der Waals surface area (Å²) in [6, 6.07) is 0. The van der Waals surface area contributed by atoms with Crippen LogP contribution in [0.2, 0.25) is 0 Å². The highest BCUT2D eigenvalue weighted by atomic mass is 127. The Bertz CT molecular complexity index is 245. The second-order valence-electron chi connectivity index (χ2n) is 3.64. The zero-order chi connectivity index (χ0) is 11.1. The lowest BCUT2D eigenvalue weighted by molar-refractivity contribution is -0.127. The molecule has 5 nitrogen and oxygen atoms in total. The van der Waals surface area contributed by atoms with Crippen LogP contribution in [0.5, 0.6) is 0 Å². The molecule has 1 saturated heterocycles. The zero-order valence-electron chi connectivity index (χ0n) is 9.74. The van der Waals surface area contributed by atoms with Crippen LogP contribution in [-0.2, 0) is 4.79 Å². The van der Waals surface area contributed by atoms with E-state index in [4.69, 9.17) is 5.73 Å². The van der Waals surface area contributed by atoms with Crippen LogP contribution in [0, 0.1) is 0 Å². The third kappa shape index (κ3) is 5.53. The van der Waals surface area contributed by atoms with E-state index in [1.54, 1.807) is 0 Å². The quantitative estimate of drug-likeness (QED) is 0.332. The maximum Gasteiger partial charge on any atom is 0.222 e. The van der Waals surface area contributed by atoms with E-state index in [0.717, 1.165) is 32.5 Å². The summed E-state index contributed by atoms with van der Waals surface area (Å²) in [5.41, 5.74) is 5.56. The molecule has 6 heteroatoms. The number of amides is 1. The average molecular weight is 340 g/mol. The molecule has 0 atom stereocenters. The highest BCUT2D eigenvalue weighted by molar-refractivity contribution is 14.0. The Morgan fingerprint density at radius 3 is 2.94 bits per heavy atom. The van der Waals surface area contributed by atoms with Gasteiger partial charge in [0.25, 0.3) is 0 Å². The number of likely N-dealkylation sites (tertiary alicyclic amines) is 1. The lowest BCUT2D eigenvalue weighted by Gasteiger charge is -2.14. The van der Waals surface area contributed by atoms with Gasteiger partial charge in [-0.05, 0) is 19.8 Å². The van der Waals surface area contributed by atoms with Gasteiger partial charge in [-0.2, -0.15) is 0 Å². The third-order valence-electron chi connectivity index (χ3n) is 2.40. The normalized spacial score (nSPS) is 16.2. The number of halogens is 1. The van der Waals surface area contributed by atoms with Crippen molar-refractivity contribution in [3.05, 3.63) is 0 Å². The van der Waals surface area contributed by atoms with Gasteiger partial charge in [0.2, 0.25) is 5.91 Å². The number of nitrogens with two attached hydrogens (primary N) is 1. The minimum atomic E-state index is 0. The van der Waals surface area contributed by atoms with Crippen molar-refractivity contribution in [3.8, 4) is 0 Å². The fraction of sp³-hybridized carbons (Fsp3) is 0.800. The van der Waals surface area contributed by atoms with Crippen LogP contribution in [0.1, 0.15) is 26.2 Å². The van der Waals surface area contributed by atoms with Crippen LogP contribution < -0.4 is 11.1 Å². The van der Waals surface area contributed by atoms with E-state index >= 15 is 0 Å². The van der Waals surface area contributed by atoms with Crippen molar-refractivity contribution in [1.82, 2.24) is 10.2 Å². The number of hydrogen-bond acceptors (Lipinski definition) is 2. The molecule has 94 valence electrons. The summed E-state index contributed by atoms with van der Waals surface area (Å²) in [5.74, 6) is 0.767. The first-order chi connectivity index (χ1) is 7.24. The number of carbonyl (C=O) groups excluding carboxylic acids is 1. The Labute approximate surface area is 114 Å². The van der Waals surface area contributed by atoms with Gasteiger partial charge in [0, 0.05) is 32.6 Å². The van der Waals surface area contributed by atoms with Gasteiger partial charge in [0.05, 0.1) is 0 Å². The lowest BCUT2D eigenvalue weighted by Crippen LogP contribution is -2.31. The molecule has 1 rings (SSSR count). The second-order valence-corrected chi connectivity index (χ2v) is 3.64. The molecule has 0 aliphatic carbocycles. The largest absolute Gasteiger partial charge is 0.370 e. The van der Waals surface area contributed by atoms with E-state index < -0.39 is 0 Å². The van der Waals surface area contributed by atoms with Gasteiger partial charge in [-0.3, -0.25) is 9.79 Å². The van der Waals surface area contributed by atoms with Crippen molar-refractivity contribution in [2.75, 3.05) is 26.2 Å². The molecule has 0 saturated carbocycles.